The van der Waals surface area contributed by atoms with Crippen LogP contribution in [0.4, 0.5) is 4.39 Å². The van der Waals surface area contributed by atoms with E-state index in [2.05, 4.69) is 5.32 Å². The molecule has 2 rings (SSSR count). The van der Waals surface area contributed by atoms with Gasteiger partial charge in [-0.05, 0) is 43.0 Å². The highest BCUT2D eigenvalue weighted by atomic mass is 19.1. The minimum atomic E-state index is -0.203. The summed E-state index contributed by atoms with van der Waals surface area (Å²) in [5.74, 6) is 0.0336. The molecule has 3 nitrogen and oxygen atoms in total. The van der Waals surface area contributed by atoms with Crippen LogP contribution in [0.3, 0.4) is 0 Å². The van der Waals surface area contributed by atoms with Crippen LogP contribution in [0.5, 0.6) is 0 Å². The van der Waals surface area contributed by atoms with Gasteiger partial charge < -0.3 is 10.2 Å². The maximum Gasteiger partial charge on any atom is 0.223 e. The Morgan fingerprint density at radius 2 is 2.11 bits per heavy atom. The summed E-state index contributed by atoms with van der Waals surface area (Å²) in [4.78, 5) is 13.7. The van der Waals surface area contributed by atoms with E-state index < -0.39 is 0 Å². The normalized spacial score (nSPS) is 14.9. The summed E-state index contributed by atoms with van der Waals surface area (Å²) in [6.07, 6.45) is 2.81. The first kappa shape index (κ1) is 14.0. The fraction of sp³-hybridized carbons (Fsp3) is 0.533. The Hall–Kier alpha value is -1.42. The second-order valence-electron chi connectivity index (χ2n) is 5.09. The van der Waals surface area contributed by atoms with Gasteiger partial charge in [0.15, 0.2) is 0 Å². The molecule has 1 saturated heterocycles. The molecule has 0 aromatic heterocycles. The molecule has 0 radical (unpaired) electrons. The third-order valence-electron chi connectivity index (χ3n) is 3.59. The summed E-state index contributed by atoms with van der Waals surface area (Å²) in [6.45, 7) is 5.08. The molecule has 104 valence electrons. The molecule has 0 atom stereocenters. The number of hydrogen-bond donors (Lipinski definition) is 1. The van der Waals surface area contributed by atoms with Gasteiger partial charge in [0.25, 0.3) is 0 Å². The molecule has 1 aliphatic heterocycles. The number of likely N-dealkylation sites (tertiary alicyclic amines) is 1. The van der Waals surface area contributed by atoms with Crippen LogP contribution in [0.1, 0.15) is 30.4 Å². The van der Waals surface area contributed by atoms with Crippen molar-refractivity contribution in [2.75, 3.05) is 19.6 Å². The molecule has 0 saturated carbocycles. The molecule has 1 N–H and O–H groups in total. The summed E-state index contributed by atoms with van der Waals surface area (Å²) in [5.41, 5.74) is 2.02. The van der Waals surface area contributed by atoms with Gasteiger partial charge in [-0.25, -0.2) is 4.39 Å². The lowest BCUT2D eigenvalue weighted by Crippen LogP contribution is -2.30. The van der Waals surface area contributed by atoms with E-state index in [4.69, 9.17) is 0 Å². The molecule has 1 fully saturated rings. The zero-order chi connectivity index (χ0) is 13.7. The van der Waals surface area contributed by atoms with E-state index in [0.29, 0.717) is 19.5 Å². The number of carbonyl (C=O) groups is 1. The Bertz CT molecular complexity index is 442. The number of nitrogens with one attached hydrogen (secondary N) is 1. The molecule has 0 bridgehead atoms. The van der Waals surface area contributed by atoms with Crippen molar-refractivity contribution in [3.8, 4) is 0 Å². The van der Waals surface area contributed by atoms with E-state index in [9.17, 15) is 9.18 Å². The van der Waals surface area contributed by atoms with Crippen molar-refractivity contribution in [2.45, 2.75) is 32.7 Å². The Balaban J connectivity index is 1.70. The highest BCUT2D eigenvalue weighted by Gasteiger charge is 2.16. The molecule has 0 spiro atoms. The molecule has 0 aliphatic carbocycles. The molecule has 0 unspecified atom stereocenters. The summed E-state index contributed by atoms with van der Waals surface area (Å²) in [6, 6.07) is 4.80. The zero-order valence-corrected chi connectivity index (χ0v) is 11.4. The number of rotatable bonds is 5. The van der Waals surface area contributed by atoms with Gasteiger partial charge >= 0.3 is 0 Å². The standard InChI is InChI=1S/C15H21FN2O/c1-12-10-14(16)5-4-13(12)11-17-7-6-15(19)18-8-2-3-9-18/h4-5,10,17H,2-3,6-9,11H2,1H3. The molecule has 1 aliphatic rings. The van der Waals surface area contributed by atoms with E-state index in [-0.39, 0.29) is 11.7 Å². The van der Waals surface area contributed by atoms with Gasteiger partial charge in [0, 0.05) is 32.6 Å². The van der Waals surface area contributed by atoms with Gasteiger partial charge in [-0.15, -0.1) is 0 Å². The van der Waals surface area contributed by atoms with Crippen molar-refractivity contribution in [3.63, 3.8) is 0 Å². The Kier molecular flexibility index (Phi) is 4.91. The lowest BCUT2D eigenvalue weighted by Gasteiger charge is -2.15. The predicted molar refractivity (Wildman–Crippen MR) is 73.3 cm³/mol. The molecular weight excluding hydrogens is 243 g/mol. The smallest absolute Gasteiger partial charge is 0.223 e. The fourth-order valence-electron chi connectivity index (χ4n) is 2.40. The lowest BCUT2D eigenvalue weighted by atomic mass is 10.1. The number of hydrogen-bond acceptors (Lipinski definition) is 2. The number of benzene rings is 1. The van der Waals surface area contributed by atoms with Crippen LogP contribution in [-0.2, 0) is 11.3 Å². The van der Waals surface area contributed by atoms with Gasteiger partial charge in [0.1, 0.15) is 5.82 Å². The zero-order valence-electron chi connectivity index (χ0n) is 11.4. The Morgan fingerprint density at radius 3 is 2.79 bits per heavy atom. The van der Waals surface area contributed by atoms with Crippen LogP contribution in [0.15, 0.2) is 18.2 Å². The first-order valence-corrected chi connectivity index (χ1v) is 6.90. The minimum Gasteiger partial charge on any atom is -0.343 e. The second kappa shape index (κ2) is 6.66. The van der Waals surface area contributed by atoms with Crippen LogP contribution in [0.2, 0.25) is 0 Å². The molecule has 19 heavy (non-hydrogen) atoms. The number of amides is 1. The molecule has 1 aromatic rings. The summed E-state index contributed by atoms with van der Waals surface area (Å²) in [7, 11) is 0. The average Bonchev–Trinajstić information content (AvgIpc) is 2.90. The first-order chi connectivity index (χ1) is 9.16. The quantitative estimate of drug-likeness (QED) is 0.827. The minimum absolute atomic E-state index is 0.203. The maximum atomic E-state index is 12.9. The van der Waals surface area contributed by atoms with Crippen LogP contribution in [0, 0.1) is 12.7 Å². The molecule has 4 heteroatoms. The van der Waals surface area contributed by atoms with Crippen molar-refractivity contribution < 1.29 is 9.18 Å². The SMILES string of the molecule is Cc1cc(F)ccc1CNCCC(=O)N1CCCC1. The van der Waals surface area contributed by atoms with E-state index in [1.54, 1.807) is 6.07 Å². The average molecular weight is 264 g/mol. The van der Waals surface area contributed by atoms with Crippen LogP contribution >= 0.6 is 0 Å². The third kappa shape index (κ3) is 4.03. The van der Waals surface area contributed by atoms with Crippen LogP contribution < -0.4 is 5.32 Å². The lowest BCUT2D eigenvalue weighted by molar-refractivity contribution is -0.130. The number of aryl methyl sites for hydroxylation is 1. The number of halogens is 1. The van der Waals surface area contributed by atoms with Crippen molar-refractivity contribution in [2.24, 2.45) is 0 Å². The molecular formula is C15H21FN2O. The van der Waals surface area contributed by atoms with Crippen molar-refractivity contribution in [1.82, 2.24) is 10.2 Å². The highest BCUT2D eigenvalue weighted by Crippen LogP contribution is 2.10. The van der Waals surface area contributed by atoms with Crippen LogP contribution in [-0.4, -0.2) is 30.4 Å². The third-order valence-corrected chi connectivity index (χ3v) is 3.59. The molecule has 1 amide bonds. The Labute approximate surface area is 113 Å². The summed E-state index contributed by atoms with van der Waals surface area (Å²) in [5, 5.41) is 3.25. The van der Waals surface area contributed by atoms with Crippen LogP contribution in [0.25, 0.3) is 0 Å². The fourth-order valence-corrected chi connectivity index (χ4v) is 2.40. The monoisotopic (exact) mass is 264 g/mol. The van der Waals surface area contributed by atoms with Crippen molar-refractivity contribution in [1.29, 1.82) is 0 Å². The van der Waals surface area contributed by atoms with Gasteiger partial charge in [0.05, 0.1) is 0 Å². The van der Waals surface area contributed by atoms with E-state index >= 15 is 0 Å². The summed E-state index contributed by atoms with van der Waals surface area (Å²) >= 11 is 0. The molecule has 1 heterocycles. The van der Waals surface area contributed by atoms with E-state index in [0.717, 1.165) is 37.1 Å². The topological polar surface area (TPSA) is 32.3 Å². The van der Waals surface area contributed by atoms with Crippen molar-refractivity contribution >= 4 is 5.91 Å². The largest absolute Gasteiger partial charge is 0.343 e. The second-order valence-corrected chi connectivity index (χ2v) is 5.09. The Morgan fingerprint density at radius 1 is 1.37 bits per heavy atom. The predicted octanol–water partition coefficient (Wildman–Crippen LogP) is 2.24. The highest BCUT2D eigenvalue weighted by molar-refractivity contribution is 5.76. The van der Waals surface area contributed by atoms with Crippen molar-refractivity contribution in [3.05, 3.63) is 35.1 Å². The summed E-state index contributed by atoms with van der Waals surface area (Å²) < 4.78 is 12.9. The van der Waals surface area contributed by atoms with Gasteiger partial charge in [-0.3, -0.25) is 4.79 Å². The van der Waals surface area contributed by atoms with Gasteiger partial charge in [-0.1, -0.05) is 6.07 Å². The number of carbonyl (C=O) groups excluding carboxylic acids is 1. The molecule has 1 aromatic carbocycles. The first-order valence-electron chi connectivity index (χ1n) is 6.90. The van der Waals surface area contributed by atoms with Gasteiger partial charge in [0.2, 0.25) is 5.91 Å². The maximum absolute atomic E-state index is 12.9. The van der Waals surface area contributed by atoms with Gasteiger partial charge in [-0.2, -0.15) is 0 Å². The number of nitrogens with zero attached hydrogens (tertiary/aromatic N) is 1. The van der Waals surface area contributed by atoms with E-state index in [1.807, 2.05) is 11.8 Å². The van der Waals surface area contributed by atoms with E-state index in [1.165, 1.54) is 12.1 Å².